The summed E-state index contributed by atoms with van der Waals surface area (Å²) in [6, 6.07) is -0.883. The fraction of sp³-hybridized carbons (Fsp3) is 0.667. The molecule has 1 aliphatic rings. The molecule has 0 radical (unpaired) electrons. The molecular formula is C18H27N3O6. The number of amides is 1. The lowest BCUT2D eigenvalue weighted by atomic mass is 9.80. The zero-order chi connectivity index (χ0) is 20.4. The molecule has 9 nitrogen and oxygen atoms in total. The second kappa shape index (κ2) is 7.98. The van der Waals surface area contributed by atoms with Gasteiger partial charge < -0.3 is 15.2 Å². The number of nitrogens with zero attached hydrogens (tertiary/aromatic N) is 1. The van der Waals surface area contributed by atoms with Crippen LogP contribution in [0.3, 0.4) is 0 Å². The third-order valence-electron chi connectivity index (χ3n) is 4.59. The summed E-state index contributed by atoms with van der Waals surface area (Å²) in [7, 11) is 0. The Morgan fingerprint density at radius 3 is 2.59 bits per heavy atom. The van der Waals surface area contributed by atoms with Gasteiger partial charge in [0.1, 0.15) is 5.60 Å². The molecule has 1 amide bonds. The van der Waals surface area contributed by atoms with Crippen molar-refractivity contribution >= 4 is 12.1 Å². The summed E-state index contributed by atoms with van der Waals surface area (Å²) in [6.07, 6.45) is 2.37. The van der Waals surface area contributed by atoms with Crippen LogP contribution in [0.25, 0.3) is 0 Å². The fourth-order valence-corrected chi connectivity index (χ4v) is 3.45. The van der Waals surface area contributed by atoms with E-state index in [1.54, 1.807) is 27.7 Å². The van der Waals surface area contributed by atoms with Crippen molar-refractivity contribution in [3.8, 4) is 0 Å². The van der Waals surface area contributed by atoms with Gasteiger partial charge in [0, 0.05) is 18.2 Å². The molecule has 0 bridgehead atoms. The highest BCUT2D eigenvalue weighted by molar-refractivity contribution is 5.68. The van der Waals surface area contributed by atoms with Gasteiger partial charge in [-0.1, -0.05) is 0 Å². The molecule has 1 aromatic heterocycles. The molecule has 0 saturated heterocycles. The van der Waals surface area contributed by atoms with Gasteiger partial charge in [0.15, 0.2) is 0 Å². The van der Waals surface area contributed by atoms with E-state index < -0.39 is 41.0 Å². The van der Waals surface area contributed by atoms with Crippen LogP contribution in [0.1, 0.15) is 58.1 Å². The molecule has 3 N–H and O–H groups in total. The Bertz CT molecular complexity index is 820. The SMILES string of the molecule is Cc1cn([C@H]2CCC(CC(=O)O)CC2NC(=O)OC(C)(C)C)c(=O)[nH]c1=O. The van der Waals surface area contributed by atoms with E-state index in [-0.39, 0.29) is 12.3 Å². The normalized spacial score (nSPS) is 22.9. The molecule has 2 rings (SSSR count). The van der Waals surface area contributed by atoms with Gasteiger partial charge in [0.05, 0.1) is 12.1 Å². The van der Waals surface area contributed by atoms with Crippen molar-refractivity contribution in [1.82, 2.24) is 14.9 Å². The maximum Gasteiger partial charge on any atom is 0.407 e. The minimum absolute atomic E-state index is 0.00122. The molecule has 1 aromatic rings. The monoisotopic (exact) mass is 381 g/mol. The molecule has 0 aromatic carbocycles. The summed E-state index contributed by atoms with van der Waals surface area (Å²) in [5, 5.41) is 11.9. The highest BCUT2D eigenvalue weighted by Crippen LogP contribution is 2.33. The Hall–Kier alpha value is -2.58. The van der Waals surface area contributed by atoms with Crippen molar-refractivity contribution < 1.29 is 19.4 Å². The minimum Gasteiger partial charge on any atom is -0.481 e. The third kappa shape index (κ3) is 5.70. The zero-order valence-corrected chi connectivity index (χ0v) is 16.1. The molecule has 150 valence electrons. The first kappa shape index (κ1) is 20.7. The van der Waals surface area contributed by atoms with Crippen LogP contribution in [-0.4, -0.2) is 38.4 Å². The van der Waals surface area contributed by atoms with Gasteiger partial charge in [0.2, 0.25) is 0 Å². The summed E-state index contributed by atoms with van der Waals surface area (Å²) >= 11 is 0. The van der Waals surface area contributed by atoms with E-state index in [0.717, 1.165) is 0 Å². The van der Waals surface area contributed by atoms with E-state index in [9.17, 15) is 19.2 Å². The molecule has 1 aliphatic carbocycles. The number of carboxylic acids is 1. The van der Waals surface area contributed by atoms with Crippen LogP contribution < -0.4 is 16.6 Å². The van der Waals surface area contributed by atoms with Gasteiger partial charge in [0.25, 0.3) is 5.56 Å². The van der Waals surface area contributed by atoms with Crippen LogP contribution in [0.15, 0.2) is 15.8 Å². The first-order valence-corrected chi connectivity index (χ1v) is 8.99. The van der Waals surface area contributed by atoms with Crippen molar-refractivity contribution in [3.63, 3.8) is 0 Å². The van der Waals surface area contributed by atoms with Crippen molar-refractivity contribution in [1.29, 1.82) is 0 Å². The third-order valence-corrected chi connectivity index (χ3v) is 4.59. The second-order valence-electron chi connectivity index (χ2n) is 8.08. The lowest BCUT2D eigenvalue weighted by Gasteiger charge is -2.37. The van der Waals surface area contributed by atoms with Crippen LogP contribution in [0.5, 0.6) is 0 Å². The first-order valence-electron chi connectivity index (χ1n) is 8.99. The van der Waals surface area contributed by atoms with Crippen LogP contribution in [0, 0.1) is 12.8 Å². The first-order chi connectivity index (χ1) is 12.5. The molecule has 2 unspecified atom stereocenters. The standard InChI is InChI=1S/C18H27N3O6/c1-10-9-21(16(25)20-15(10)24)13-6-5-11(8-14(22)23)7-12(13)19-17(26)27-18(2,3)4/h9,11-13H,5-8H2,1-4H3,(H,19,26)(H,22,23)(H,20,24,25)/t11?,12?,13-/m0/s1. The Labute approximate surface area is 156 Å². The lowest BCUT2D eigenvalue weighted by Crippen LogP contribution is -2.49. The van der Waals surface area contributed by atoms with E-state index in [1.807, 2.05) is 0 Å². The fourth-order valence-electron chi connectivity index (χ4n) is 3.45. The average molecular weight is 381 g/mol. The van der Waals surface area contributed by atoms with Gasteiger partial charge in [-0.15, -0.1) is 0 Å². The number of ether oxygens (including phenoxy) is 1. The van der Waals surface area contributed by atoms with Crippen LogP contribution in [0.2, 0.25) is 0 Å². The average Bonchev–Trinajstić information content (AvgIpc) is 2.49. The number of aromatic nitrogens is 2. The van der Waals surface area contributed by atoms with Gasteiger partial charge >= 0.3 is 17.8 Å². The molecular weight excluding hydrogens is 354 g/mol. The number of rotatable bonds is 4. The zero-order valence-electron chi connectivity index (χ0n) is 16.1. The number of aliphatic carboxylic acids is 1. The van der Waals surface area contributed by atoms with E-state index in [0.29, 0.717) is 24.8 Å². The molecule has 1 fully saturated rings. The quantitative estimate of drug-likeness (QED) is 0.725. The number of carbonyl (C=O) groups excluding carboxylic acids is 1. The molecule has 27 heavy (non-hydrogen) atoms. The highest BCUT2D eigenvalue weighted by Gasteiger charge is 2.35. The summed E-state index contributed by atoms with van der Waals surface area (Å²) in [4.78, 5) is 49.5. The number of aryl methyl sites for hydroxylation is 1. The lowest BCUT2D eigenvalue weighted by molar-refractivity contribution is -0.138. The molecule has 0 spiro atoms. The summed E-state index contributed by atoms with van der Waals surface area (Å²) in [5.41, 5.74) is -1.30. The largest absolute Gasteiger partial charge is 0.481 e. The van der Waals surface area contributed by atoms with E-state index in [1.165, 1.54) is 10.8 Å². The summed E-state index contributed by atoms with van der Waals surface area (Å²) < 4.78 is 6.71. The number of carbonyl (C=O) groups is 2. The number of alkyl carbamates (subject to hydrolysis) is 1. The number of nitrogens with one attached hydrogen (secondary N) is 2. The summed E-state index contributed by atoms with van der Waals surface area (Å²) in [6.45, 7) is 6.83. The predicted molar refractivity (Wildman–Crippen MR) is 97.8 cm³/mol. The van der Waals surface area contributed by atoms with E-state index in [4.69, 9.17) is 9.84 Å². The number of H-pyrrole nitrogens is 1. The molecule has 1 heterocycles. The Morgan fingerprint density at radius 1 is 1.33 bits per heavy atom. The maximum atomic E-state index is 12.3. The van der Waals surface area contributed by atoms with Gasteiger partial charge in [-0.25, -0.2) is 9.59 Å². The highest BCUT2D eigenvalue weighted by atomic mass is 16.6. The number of hydrogen-bond acceptors (Lipinski definition) is 5. The van der Waals surface area contributed by atoms with E-state index in [2.05, 4.69) is 10.3 Å². The Morgan fingerprint density at radius 2 is 2.00 bits per heavy atom. The second-order valence-corrected chi connectivity index (χ2v) is 8.08. The molecule has 0 aliphatic heterocycles. The number of aromatic amines is 1. The maximum absolute atomic E-state index is 12.3. The van der Waals surface area contributed by atoms with Crippen LogP contribution in [-0.2, 0) is 9.53 Å². The molecule has 1 saturated carbocycles. The summed E-state index contributed by atoms with van der Waals surface area (Å²) in [5.74, 6) is -1.01. The van der Waals surface area contributed by atoms with Gasteiger partial charge in [-0.2, -0.15) is 0 Å². The Kier molecular flexibility index (Phi) is 6.12. The van der Waals surface area contributed by atoms with Crippen LogP contribution >= 0.6 is 0 Å². The van der Waals surface area contributed by atoms with Crippen molar-refractivity contribution in [2.45, 2.75) is 71.1 Å². The van der Waals surface area contributed by atoms with Crippen molar-refractivity contribution in [2.24, 2.45) is 5.92 Å². The van der Waals surface area contributed by atoms with E-state index >= 15 is 0 Å². The molecule has 3 atom stereocenters. The minimum atomic E-state index is -0.897. The molecule has 9 heteroatoms. The van der Waals surface area contributed by atoms with Crippen LogP contribution in [0.4, 0.5) is 4.79 Å². The van der Waals surface area contributed by atoms with Crippen molar-refractivity contribution in [2.75, 3.05) is 0 Å². The number of hydrogen-bond donors (Lipinski definition) is 3. The number of carboxylic acid groups (broad SMARTS) is 1. The topological polar surface area (TPSA) is 130 Å². The van der Waals surface area contributed by atoms with Gasteiger partial charge in [-0.05, 0) is 52.9 Å². The predicted octanol–water partition coefficient (Wildman–Crippen LogP) is 1.55. The Balaban J connectivity index is 2.29. The van der Waals surface area contributed by atoms with Crippen molar-refractivity contribution in [3.05, 3.63) is 32.6 Å². The van der Waals surface area contributed by atoms with Gasteiger partial charge in [-0.3, -0.25) is 19.1 Å². The smallest absolute Gasteiger partial charge is 0.407 e.